The lowest BCUT2D eigenvalue weighted by molar-refractivity contribution is -0.136. The van der Waals surface area contributed by atoms with E-state index in [0.29, 0.717) is 28.2 Å². The Morgan fingerprint density at radius 1 is 1.13 bits per heavy atom. The lowest BCUT2D eigenvalue weighted by atomic mass is 9.70. The molecule has 3 aliphatic rings. The number of imide groups is 1. The van der Waals surface area contributed by atoms with Gasteiger partial charge in [0.15, 0.2) is 0 Å². The van der Waals surface area contributed by atoms with Crippen molar-refractivity contribution < 1.29 is 23.3 Å². The maximum absolute atomic E-state index is 16.0. The van der Waals surface area contributed by atoms with Gasteiger partial charge in [0.2, 0.25) is 24.0 Å². The fraction of sp³-hybridized carbons (Fsp3) is 0.429. The predicted octanol–water partition coefficient (Wildman–Crippen LogP) is 3.05. The van der Waals surface area contributed by atoms with Gasteiger partial charge in [0.05, 0.1) is 6.54 Å². The highest BCUT2D eigenvalue weighted by Crippen LogP contribution is 2.45. The fourth-order valence-corrected chi connectivity index (χ4v) is 6.26. The molecule has 39 heavy (non-hydrogen) atoms. The van der Waals surface area contributed by atoms with Gasteiger partial charge in [-0.1, -0.05) is 31.1 Å². The van der Waals surface area contributed by atoms with Crippen molar-refractivity contribution in [3.63, 3.8) is 0 Å². The van der Waals surface area contributed by atoms with Crippen molar-refractivity contribution in [3.05, 3.63) is 64.9 Å². The van der Waals surface area contributed by atoms with Crippen LogP contribution in [0.2, 0.25) is 0 Å². The Morgan fingerprint density at radius 3 is 2.67 bits per heavy atom. The van der Waals surface area contributed by atoms with Gasteiger partial charge in [0.1, 0.15) is 17.6 Å². The molecule has 1 N–H and O–H groups in total. The number of fused-ring (bicyclic) bond motifs is 1. The molecule has 2 atom stereocenters. The molecule has 0 bridgehead atoms. The van der Waals surface area contributed by atoms with E-state index in [1.165, 1.54) is 11.3 Å². The number of pyridine rings is 1. The molecule has 0 aliphatic carbocycles. The normalized spacial score (nSPS) is 23.2. The molecule has 10 nitrogen and oxygen atoms in total. The second-order valence-electron chi connectivity index (χ2n) is 11.2. The number of piperidine rings is 2. The molecule has 1 aromatic carbocycles. The van der Waals surface area contributed by atoms with Crippen LogP contribution in [-0.2, 0) is 22.7 Å². The van der Waals surface area contributed by atoms with Gasteiger partial charge in [-0.2, -0.15) is 4.98 Å². The number of halogens is 1. The minimum atomic E-state index is -0.763. The smallest absolute Gasteiger partial charge is 0.255 e. The van der Waals surface area contributed by atoms with Crippen LogP contribution in [0.1, 0.15) is 66.1 Å². The van der Waals surface area contributed by atoms with E-state index in [0.717, 1.165) is 31.6 Å². The van der Waals surface area contributed by atoms with E-state index >= 15 is 4.39 Å². The number of nitrogens with zero attached hydrogens (tertiary/aromatic N) is 5. The third kappa shape index (κ3) is 4.60. The molecule has 0 saturated carbocycles. The Morgan fingerprint density at radius 2 is 1.97 bits per heavy atom. The van der Waals surface area contributed by atoms with Crippen LogP contribution >= 0.6 is 0 Å². The first-order valence-corrected chi connectivity index (χ1v) is 13.1. The Labute approximate surface area is 224 Å². The average molecular weight is 533 g/mol. The number of hydrogen-bond acceptors (Lipinski definition) is 8. The standard InChI is InChI=1S/C28H29FN6O4/c1-28(2)14-34(12-16-3-6-21(30-11-16)25-31-15-39-33-25)10-9-20(28)18-5-4-17-19(24(18)29)13-35(27(17)38)22-7-8-23(36)32-26(22)37/h3-6,11,15,20,22H,7-10,12-14H2,1-2H3,(H,32,36,37). The largest absolute Gasteiger partial charge is 0.342 e. The van der Waals surface area contributed by atoms with Gasteiger partial charge in [-0.05, 0) is 54.0 Å². The number of likely N-dealkylation sites (tertiary alicyclic amines) is 1. The second kappa shape index (κ2) is 9.64. The Kier molecular flexibility index (Phi) is 6.25. The lowest BCUT2D eigenvalue weighted by Gasteiger charge is -2.45. The minimum absolute atomic E-state index is 0.0301. The van der Waals surface area contributed by atoms with Crippen molar-refractivity contribution in [2.75, 3.05) is 13.1 Å². The van der Waals surface area contributed by atoms with Crippen LogP contribution in [0.5, 0.6) is 0 Å². The molecule has 2 aromatic heterocycles. The van der Waals surface area contributed by atoms with Crippen LogP contribution in [0.15, 0.2) is 41.4 Å². The number of benzene rings is 1. The first kappa shape index (κ1) is 25.3. The van der Waals surface area contributed by atoms with E-state index in [2.05, 4.69) is 39.2 Å². The summed E-state index contributed by atoms with van der Waals surface area (Å²) in [6.45, 7) is 6.61. The van der Waals surface area contributed by atoms with Crippen molar-refractivity contribution in [1.82, 2.24) is 30.2 Å². The van der Waals surface area contributed by atoms with Gasteiger partial charge >= 0.3 is 0 Å². The summed E-state index contributed by atoms with van der Waals surface area (Å²) in [5, 5.41) is 6.10. The van der Waals surface area contributed by atoms with Crippen LogP contribution in [0.3, 0.4) is 0 Å². The van der Waals surface area contributed by atoms with Gasteiger partial charge in [0, 0.05) is 36.8 Å². The number of carbonyl (C=O) groups excluding carboxylic acids is 3. The second-order valence-corrected chi connectivity index (χ2v) is 11.2. The fourth-order valence-electron chi connectivity index (χ4n) is 6.26. The summed E-state index contributed by atoms with van der Waals surface area (Å²) in [7, 11) is 0. The number of hydrogen-bond donors (Lipinski definition) is 1. The van der Waals surface area contributed by atoms with Crippen LogP contribution in [0.25, 0.3) is 11.5 Å². The molecule has 11 heteroatoms. The van der Waals surface area contributed by atoms with Crippen molar-refractivity contribution >= 4 is 17.7 Å². The zero-order valence-corrected chi connectivity index (χ0v) is 21.8. The molecule has 2 fully saturated rings. The molecule has 6 rings (SSSR count). The minimum Gasteiger partial charge on any atom is -0.342 e. The van der Waals surface area contributed by atoms with Crippen LogP contribution in [0.4, 0.5) is 4.39 Å². The van der Waals surface area contributed by atoms with E-state index in [9.17, 15) is 14.4 Å². The average Bonchev–Trinajstić information content (AvgIpc) is 3.54. The number of rotatable bonds is 5. The number of amides is 3. The lowest BCUT2D eigenvalue weighted by Crippen LogP contribution is -2.52. The van der Waals surface area contributed by atoms with E-state index < -0.39 is 11.9 Å². The number of aromatic nitrogens is 3. The molecule has 3 aliphatic heterocycles. The topological polar surface area (TPSA) is 122 Å². The summed E-state index contributed by atoms with van der Waals surface area (Å²) in [4.78, 5) is 49.2. The van der Waals surface area contributed by atoms with Crippen molar-refractivity contribution in [3.8, 4) is 11.5 Å². The third-order valence-corrected chi connectivity index (χ3v) is 8.18. The van der Waals surface area contributed by atoms with Gasteiger partial charge in [-0.15, -0.1) is 0 Å². The van der Waals surface area contributed by atoms with Crippen LogP contribution < -0.4 is 5.32 Å². The van der Waals surface area contributed by atoms with E-state index in [1.54, 1.807) is 12.1 Å². The highest BCUT2D eigenvalue weighted by molar-refractivity contribution is 6.05. The summed E-state index contributed by atoms with van der Waals surface area (Å²) in [5.41, 5.74) is 2.74. The van der Waals surface area contributed by atoms with Crippen LogP contribution in [-0.4, -0.2) is 61.8 Å². The number of carbonyl (C=O) groups is 3. The molecular formula is C28H29FN6O4. The van der Waals surface area contributed by atoms with Gasteiger partial charge in [-0.3, -0.25) is 29.6 Å². The molecule has 0 spiro atoms. The summed E-state index contributed by atoms with van der Waals surface area (Å²) in [5.74, 6) is -1.15. The van der Waals surface area contributed by atoms with Crippen molar-refractivity contribution in [1.29, 1.82) is 0 Å². The Bertz CT molecular complexity index is 1440. The van der Waals surface area contributed by atoms with Gasteiger partial charge in [0.25, 0.3) is 5.91 Å². The third-order valence-electron chi connectivity index (χ3n) is 8.18. The zero-order valence-electron chi connectivity index (χ0n) is 21.8. The summed E-state index contributed by atoms with van der Waals surface area (Å²) in [6.07, 6.45) is 4.26. The monoisotopic (exact) mass is 532 g/mol. The molecule has 2 saturated heterocycles. The molecule has 5 heterocycles. The van der Waals surface area contributed by atoms with Gasteiger partial charge in [-0.25, -0.2) is 4.39 Å². The predicted molar refractivity (Wildman–Crippen MR) is 136 cm³/mol. The van der Waals surface area contributed by atoms with E-state index in [1.807, 2.05) is 18.3 Å². The first-order chi connectivity index (χ1) is 18.7. The molecule has 3 amide bonds. The quantitative estimate of drug-likeness (QED) is 0.498. The van der Waals surface area contributed by atoms with Crippen molar-refractivity contribution in [2.45, 2.75) is 58.2 Å². The number of nitrogens with one attached hydrogen (secondary N) is 1. The SMILES string of the molecule is CC1(C)CN(Cc2ccc(-c3ncon3)nc2)CCC1c1ccc2c(c1F)CN(C1CCC(=O)NC1=O)C2=O. The van der Waals surface area contributed by atoms with E-state index in [-0.39, 0.29) is 48.4 Å². The molecule has 202 valence electrons. The molecular weight excluding hydrogens is 503 g/mol. The summed E-state index contributed by atoms with van der Waals surface area (Å²) >= 11 is 0. The highest BCUT2D eigenvalue weighted by atomic mass is 19.1. The summed E-state index contributed by atoms with van der Waals surface area (Å²) < 4.78 is 20.8. The Hall–Kier alpha value is -3.99. The summed E-state index contributed by atoms with van der Waals surface area (Å²) in [6, 6.07) is 6.55. The maximum Gasteiger partial charge on any atom is 0.255 e. The van der Waals surface area contributed by atoms with Crippen LogP contribution in [0, 0.1) is 11.2 Å². The van der Waals surface area contributed by atoms with Crippen molar-refractivity contribution in [2.24, 2.45) is 5.41 Å². The first-order valence-electron chi connectivity index (χ1n) is 13.1. The molecule has 2 unspecified atom stereocenters. The maximum atomic E-state index is 16.0. The molecule has 3 aromatic rings. The highest BCUT2D eigenvalue weighted by Gasteiger charge is 2.43. The van der Waals surface area contributed by atoms with E-state index in [4.69, 9.17) is 4.52 Å². The Balaban J connectivity index is 1.16. The zero-order chi connectivity index (χ0) is 27.3. The van der Waals surface area contributed by atoms with Gasteiger partial charge < -0.3 is 9.42 Å². The molecule has 0 radical (unpaired) electrons.